The van der Waals surface area contributed by atoms with Gasteiger partial charge in [0.15, 0.2) is 0 Å². The number of esters is 1. The molecule has 0 aliphatic rings. The maximum atomic E-state index is 12.0. The van der Waals surface area contributed by atoms with E-state index in [0.717, 1.165) is 16.2 Å². The minimum Gasteiger partial charge on any atom is -0.465 e. The van der Waals surface area contributed by atoms with Crippen LogP contribution in [0.3, 0.4) is 0 Å². The second-order valence-electron chi connectivity index (χ2n) is 4.05. The quantitative estimate of drug-likeness (QED) is 0.732. The molecule has 1 amide bonds. The van der Waals surface area contributed by atoms with Gasteiger partial charge in [0.1, 0.15) is 9.88 Å². The summed E-state index contributed by atoms with van der Waals surface area (Å²) in [7, 11) is 2.79. The summed E-state index contributed by atoms with van der Waals surface area (Å²) in [6.07, 6.45) is 0. The standard InChI is InChI=1S/C13H15N3O3S2/c1-15-11(17)8-9(14)10(13(18)19-2)21-12(8)16-6-7-4-3-5-20-7/h3-5,16H,6,14H2,1-2H3,(H,15,17). The highest BCUT2D eigenvalue weighted by Gasteiger charge is 2.25. The van der Waals surface area contributed by atoms with Crippen molar-refractivity contribution >= 4 is 45.2 Å². The summed E-state index contributed by atoms with van der Waals surface area (Å²) in [5.41, 5.74) is 6.33. The van der Waals surface area contributed by atoms with Crippen molar-refractivity contribution in [3.8, 4) is 0 Å². The molecule has 2 heterocycles. The molecule has 0 spiro atoms. The number of anilines is 2. The molecule has 21 heavy (non-hydrogen) atoms. The highest BCUT2D eigenvalue weighted by molar-refractivity contribution is 7.19. The fourth-order valence-electron chi connectivity index (χ4n) is 1.74. The van der Waals surface area contributed by atoms with Crippen LogP contribution in [0.2, 0.25) is 0 Å². The van der Waals surface area contributed by atoms with E-state index >= 15 is 0 Å². The van der Waals surface area contributed by atoms with E-state index in [2.05, 4.69) is 15.4 Å². The number of hydrogen-bond donors (Lipinski definition) is 3. The molecule has 0 radical (unpaired) electrons. The van der Waals surface area contributed by atoms with Crippen LogP contribution >= 0.6 is 22.7 Å². The van der Waals surface area contributed by atoms with Crippen molar-refractivity contribution in [2.75, 3.05) is 25.2 Å². The molecule has 0 fully saturated rings. The van der Waals surface area contributed by atoms with Gasteiger partial charge >= 0.3 is 5.97 Å². The summed E-state index contributed by atoms with van der Waals surface area (Å²) in [6.45, 7) is 0.558. The van der Waals surface area contributed by atoms with Crippen LogP contribution in [0.1, 0.15) is 24.9 Å². The fourth-order valence-corrected chi connectivity index (χ4v) is 3.42. The number of rotatable bonds is 5. The average molecular weight is 325 g/mol. The maximum absolute atomic E-state index is 12.0. The Morgan fingerprint density at radius 2 is 2.19 bits per heavy atom. The predicted molar refractivity (Wildman–Crippen MR) is 85.1 cm³/mol. The Balaban J connectivity index is 2.33. The zero-order chi connectivity index (χ0) is 15.4. The summed E-state index contributed by atoms with van der Waals surface area (Å²) in [5, 5.41) is 8.20. The van der Waals surface area contributed by atoms with E-state index in [4.69, 9.17) is 5.73 Å². The summed E-state index contributed by atoms with van der Waals surface area (Å²) in [5.74, 6) is -0.889. The van der Waals surface area contributed by atoms with Crippen LogP contribution in [0, 0.1) is 0 Å². The van der Waals surface area contributed by atoms with E-state index in [1.54, 1.807) is 11.3 Å². The van der Waals surface area contributed by atoms with Crippen molar-refractivity contribution < 1.29 is 14.3 Å². The number of ether oxygens (including phenoxy) is 1. The van der Waals surface area contributed by atoms with Crippen molar-refractivity contribution in [3.63, 3.8) is 0 Å². The number of hydrogen-bond acceptors (Lipinski definition) is 7. The first-order chi connectivity index (χ1) is 10.1. The number of nitrogens with two attached hydrogens (primary N) is 1. The van der Waals surface area contributed by atoms with Crippen molar-refractivity contribution in [1.82, 2.24) is 5.32 Å². The molecular weight excluding hydrogens is 310 g/mol. The SMILES string of the molecule is CNC(=O)c1c(NCc2cccs2)sc(C(=O)OC)c1N. The van der Waals surface area contributed by atoms with Crippen LogP contribution < -0.4 is 16.4 Å². The molecule has 2 aromatic rings. The topological polar surface area (TPSA) is 93.5 Å². The van der Waals surface area contributed by atoms with Gasteiger partial charge in [0.25, 0.3) is 5.91 Å². The molecule has 4 N–H and O–H groups in total. The van der Waals surface area contributed by atoms with Crippen LogP contribution in [0.15, 0.2) is 17.5 Å². The van der Waals surface area contributed by atoms with Gasteiger partial charge in [-0.15, -0.1) is 22.7 Å². The van der Waals surface area contributed by atoms with Gasteiger partial charge in [-0.1, -0.05) is 6.07 Å². The molecule has 0 aromatic carbocycles. The molecule has 2 aromatic heterocycles. The molecule has 0 saturated heterocycles. The lowest BCUT2D eigenvalue weighted by Crippen LogP contribution is -2.20. The molecule has 6 nitrogen and oxygen atoms in total. The number of amides is 1. The Morgan fingerprint density at radius 1 is 1.43 bits per heavy atom. The molecule has 8 heteroatoms. The highest BCUT2D eigenvalue weighted by Crippen LogP contribution is 2.36. The summed E-state index contributed by atoms with van der Waals surface area (Å²) in [4.78, 5) is 25.0. The predicted octanol–water partition coefficient (Wildman–Crippen LogP) is 2.15. The third-order valence-electron chi connectivity index (χ3n) is 2.77. The number of carbonyl (C=O) groups excluding carboxylic acids is 2. The number of nitrogens with one attached hydrogen (secondary N) is 2. The van der Waals surface area contributed by atoms with Gasteiger partial charge in [-0.2, -0.15) is 0 Å². The van der Waals surface area contributed by atoms with Crippen molar-refractivity contribution in [1.29, 1.82) is 0 Å². The number of nitrogen functional groups attached to an aromatic ring is 1. The Kier molecular flexibility index (Phi) is 4.81. The lowest BCUT2D eigenvalue weighted by Gasteiger charge is -2.06. The zero-order valence-corrected chi connectivity index (χ0v) is 13.2. The minimum atomic E-state index is -0.549. The number of carbonyl (C=O) groups is 2. The third-order valence-corrected chi connectivity index (χ3v) is 4.79. The van der Waals surface area contributed by atoms with E-state index in [1.165, 1.54) is 14.2 Å². The van der Waals surface area contributed by atoms with Gasteiger partial charge in [0.05, 0.1) is 24.9 Å². The Hall–Kier alpha value is -2.06. The number of methoxy groups -OCH3 is 1. The minimum absolute atomic E-state index is 0.139. The Bertz CT molecular complexity index is 650. The van der Waals surface area contributed by atoms with E-state index < -0.39 is 5.97 Å². The fraction of sp³-hybridized carbons (Fsp3) is 0.231. The van der Waals surface area contributed by atoms with Crippen LogP contribution in [-0.4, -0.2) is 26.0 Å². The van der Waals surface area contributed by atoms with E-state index in [-0.39, 0.29) is 22.0 Å². The molecule has 0 aliphatic carbocycles. The van der Waals surface area contributed by atoms with Crippen LogP contribution in [0.5, 0.6) is 0 Å². The summed E-state index contributed by atoms with van der Waals surface area (Å²) < 4.78 is 4.68. The van der Waals surface area contributed by atoms with Crippen molar-refractivity contribution in [2.45, 2.75) is 6.54 Å². The van der Waals surface area contributed by atoms with Gasteiger partial charge < -0.3 is 21.1 Å². The first-order valence-electron chi connectivity index (χ1n) is 6.07. The van der Waals surface area contributed by atoms with Gasteiger partial charge in [-0.05, 0) is 11.4 Å². The Labute approximate surface area is 129 Å². The largest absolute Gasteiger partial charge is 0.465 e. The normalized spacial score (nSPS) is 10.2. The van der Waals surface area contributed by atoms with Gasteiger partial charge in [-0.3, -0.25) is 4.79 Å². The van der Waals surface area contributed by atoms with Gasteiger partial charge in [-0.25, -0.2) is 4.79 Å². The summed E-state index contributed by atoms with van der Waals surface area (Å²) >= 11 is 2.72. The van der Waals surface area contributed by atoms with E-state index in [9.17, 15) is 9.59 Å². The number of thiophene rings is 2. The highest BCUT2D eigenvalue weighted by atomic mass is 32.1. The molecule has 2 rings (SSSR count). The van der Waals surface area contributed by atoms with Crippen LogP contribution in [0.25, 0.3) is 0 Å². The van der Waals surface area contributed by atoms with Gasteiger partial charge in [0, 0.05) is 11.9 Å². The second kappa shape index (κ2) is 6.59. The molecule has 112 valence electrons. The molecule has 0 aliphatic heterocycles. The maximum Gasteiger partial charge on any atom is 0.350 e. The monoisotopic (exact) mass is 325 g/mol. The molecule has 0 bridgehead atoms. The first-order valence-corrected chi connectivity index (χ1v) is 7.77. The lowest BCUT2D eigenvalue weighted by atomic mass is 10.2. The van der Waals surface area contributed by atoms with Crippen molar-refractivity contribution in [3.05, 3.63) is 32.8 Å². The molecule has 0 unspecified atom stereocenters. The average Bonchev–Trinajstić information content (AvgIpc) is 3.11. The van der Waals surface area contributed by atoms with E-state index in [0.29, 0.717) is 11.5 Å². The van der Waals surface area contributed by atoms with Gasteiger partial charge in [0.2, 0.25) is 0 Å². The Morgan fingerprint density at radius 3 is 2.76 bits per heavy atom. The lowest BCUT2D eigenvalue weighted by molar-refractivity contribution is 0.0607. The second-order valence-corrected chi connectivity index (χ2v) is 6.11. The smallest absolute Gasteiger partial charge is 0.350 e. The van der Waals surface area contributed by atoms with Crippen molar-refractivity contribution in [2.24, 2.45) is 0 Å². The summed E-state index contributed by atoms with van der Waals surface area (Å²) in [6, 6.07) is 3.93. The zero-order valence-electron chi connectivity index (χ0n) is 11.6. The molecule has 0 atom stereocenters. The molecular formula is C13H15N3O3S2. The van der Waals surface area contributed by atoms with Crippen LogP contribution in [0.4, 0.5) is 10.7 Å². The molecule has 0 saturated carbocycles. The first kappa shape index (κ1) is 15.3. The van der Waals surface area contributed by atoms with Crippen LogP contribution in [-0.2, 0) is 11.3 Å². The third kappa shape index (κ3) is 3.17. The van der Waals surface area contributed by atoms with E-state index in [1.807, 2.05) is 17.5 Å².